The minimum Gasteiger partial charge on any atom is -0.330 e. The maximum absolute atomic E-state index is 5.53. The summed E-state index contributed by atoms with van der Waals surface area (Å²) in [7, 11) is 0. The average Bonchev–Trinajstić information content (AvgIpc) is 2.72. The molecule has 0 amide bonds. The van der Waals surface area contributed by atoms with Crippen molar-refractivity contribution in [2.24, 2.45) is 5.73 Å². The van der Waals surface area contributed by atoms with Crippen LogP contribution < -0.4 is 5.73 Å². The Kier molecular flexibility index (Phi) is 6.02. The molecule has 0 aromatic carbocycles. The number of nitrogens with zero attached hydrogens (tertiary/aromatic N) is 1. The molecule has 2 N–H and O–H groups in total. The maximum Gasteiger partial charge on any atom is 0.0330 e. The number of aryl methyl sites for hydroxylation is 1. The molecular formula is C14H24N2S2. The number of rotatable bonds is 6. The van der Waals surface area contributed by atoms with Crippen molar-refractivity contribution in [1.29, 1.82) is 0 Å². The predicted octanol–water partition coefficient (Wildman–Crippen LogP) is 3.23. The van der Waals surface area contributed by atoms with Crippen LogP contribution in [0.15, 0.2) is 6.07 Å². The highest BCUT2D eigenvalue weighted by molar-refractivity contribution is 7.98. The lowest BCUT2D eigenvalue weighted by Gasteiger charge is -2.26. The summed E-state index contributed by atoms with van der Waals surface area (Å²) >= 11 is 3.95. The van der Waals surface area contributed by atoms with Gasteiger partial charge in [-0.1, -0.05) is 6.42 Å². The summed E-state index contributed by atoms with van der Waals surface area (Å²) in [6, 6.07) is 2.37. The standard InChI is InChI=1S/C14H24N2S2/c1-12-9-13(11-17-8-5-15)18-14(12)10-16-6-3-2-4-7-16/h9H,2-8,10-11,15H2,1H3. The van der Waals surface area contributed by atoms with Crippen molar-refractivity contribution >= 4 is 23.1 Å². The Morgan fingerprint density at radius 3 is 2.83 bits per heavy atom. The van der Waals surface area contributed by atoms with Gasteiger partial charge in [0, 0.05) is 34.3 Å². The number of nitrogens with two attached hydrogens (primary N) is 1. The molecule has 0 bridgehead atoms. The molecule has 0 saturated carbocycles. The molecule has 1 aliphatic rings. The zero-order valence-electron chi connectivity index (χ0n) is 11.3. The molecule has 1 aliphatic heterocycles. The van der Waals surface area contributed by atoms with Gasteiger partial charge in [-0.05, 0) is 44.5 Å². The van der Waals surface area contributed by atoms with Gasteiger partial charge in [0.25, 0.3) is 0 Å². The molecule has 0 atom stereocenters. The molecular weight excluding hydrogens is 260 g/mol. The van der Waals surface area contributed by atoms with Crippen molar-refractivity contribution in [2.75, 3.05) is 25.4 Å². The lowest BCUT2D eigenvalue weighted by atomic mass is 10.1. The van der Waals surface area contributed by atoms with Gasteiger partial charge in [0.05, 0.1) is 0 Å². The number of piperidine rings is 1. The van der Waals surface area contributed by atoms with Crippen LogP contribution in [-0.4, -0.2) is 30.3 Å². The second kappa shape index (κ2) is 7.53. The second-order valence-electron chi connectivity index (χ2n) is 5.00. The number of thioether (sulfide) groups is 1. The smallest absolute Gasteiger partial charge is 0.0330 e. The highest BCUT2D eigenvalue weighted by atomic mass is 32.2. The zero-order valence-corrected chi connectivity index (χ0v) is 12.9. The highest BCUT2D eigenvalue weighted by Crippen LogP contribution is 2.27. The van der Waals surface area contributed by atoms with E-state index in [1.807, 2.05) is 23.1 Å². The van der Waals surface area contributed by atoms with Gasteiger partial charge in [-0.3, -0.25) is 4.90 Å². The van der Waals surface area contributed by atoms with Crippen LogP contribution in [-0.2, 0) is 12.3 Å². The van der Waals surface area contributed by atoms with Gasteiger partial charge in [0.15, 0.2) is 0 Å². The van der Waals surface area contributed by atoms with E-state index in [0.717, 1.165) is 24.6 Å². The predicted molar refractivity (Wildman–Crippen MR) is 83.4 cm³/mol. The fourth-order valence-electron chi connectivity index (χ4n) is 2.39. The zero-order chi connectivity index (χ0) is 12.8. The third-order valence-electron chi connectivity index (χ3n) is 3.39. The molecule has 18 heavy (non-hydrogen) atoms. The maximum atomic E-state index is 5.53. The van der Waals surface area contributed by atoms with Gasteiger partial charge >= 0.3 is 0 Å². The van der Waals surface area contributed by atoms with Gasteiger partial charge in [-0.25, -0.2) is 0 Å². The van der Waals surface area contributed by atoms with E-state index in [1.165, 1.54) is 42.8 Å². The van der Waals surface area contributed by atoms with Crippen molar-refractivity contribution in [2.45, 2.75) is 38.5 Å². The Balaban J connectivity index is 1.87. The van der Waals surface area contributed by atoms with Crippen molar-refractivity contribution in [3.8, 4) is 0 Å². The van der Waals surface area contributed by atoms with E-state index in [1.54, 1.807) is 4.88 Å². The topological polar surface area (TPSA) is 29.3 Å². The van der Waals surface area contributed by atoms with Crippen molar-refractivity contribution in [3.05, 3.63) is 21.4 Å². The first-order valence-electron chi connectivity index (χ1n) is 6.88. The van der Waals surface area contributed by atoms with Gasteiger partial charge < -0.3 is 5.73 Å². The molecule has 0 aliphatic carbocycles. The van der Waals surface area contributed by atoms with E-state index < -0.39 is 0 Å². The Labute approximate surface area is 119 Å². The van der Waals surface area contributed by atoms with Crippen LogP contribution in [0.25, 0.3) is 0 Å². The molecule has 4 heteroatoms. The third kappa shape index (κ3) is 4.26. The Hall–Kier alpha value is -0.0300. The van der Waals surface area contributed by atoms with E-state index >= 15 is 0 Å². The molecule has 102 valence electrons. The van der Waals surface area contributed by atoms with Crippen molar-refractivity contribution in [1.82, 2.24) is 4.90 Å². The van der Waals surface area contributed by atoms with Crippen LogP contribution in [0.3, 0.4) is 0 Å². The SMILES string of the molecule is Cc1cc(CSCCN)sc1CN1CCCCC1. The molecule has 0 radical (unpaired) electrons. The molecule has 2 rings (SSSR count). The molecule has 0 unspecified atom stereocenters. The molecule has 1 aromatic heterocycles. The Morgan fingerprint density at radius 1 is 1.33 bits per heavy atom. The molecule has 1 aromatic rings. The molecule has 1 saturated heterocycles. The fourth-order valence-corrected chi connectivity index (χ4v) is 4.50. The van der Waals surface area contributed by atoms with Crippen LogP contribution in [0, 0.1) is 6.92 Å². The van der Waals surface area contributed by atoms with Crippen LogP contribution in [0.2, 0.25) is 0 Å². The largest absolute Gasteiger partial charge is 0.330 e. The summed E-state index contributed by atoms with van der Waals surface area (Å²) in [5, 5.41) is 0. The van der Waals surface area contributed by atoms with E-state index in [0.29, 0.717) is 0 Å². The number of hydrogen-bond acceptors (Lipinski definition) is 4. The molecule has 2 heterocycles. The summed E-state index contributed by atoms with van der Waals surface area (Å²) in [5.41, 5.74) is 7.01. The summed E-state index contributed by atoms with van der Waals surface area (Å²) in [6.07, 6.45) is 4.17. The first-order valence-corrected chi connectivity index (χ1v) is 8.85. The molecule has 2 nitrogen and oxygen atoms in total. The summed E-state index contributed by atoms with van der Waals surface area (Å²) in [4.78, 5) is 5.69. The number of thiophene rings is 1. The van der Waals surface area contributed by atoms with Gasteiger partial charge in [-0.15, -0.1) is 11.3 Å². The van der Waals surface area contributed by atoms with Crippen LogP contribution >= 0.6 is 23.1 Å². The van der Waals surface area contributed by atoms with Crippen LogP contribution in [0.4, 0.5) is 0 Å². The third-order valence-corrected chi connectivity index (χ3v) is 5.84. The molecule has 1 fully saturated rings. The van der Waals surface area contributed by atoms with Gasteiger partial charge in [0.2, 0.25) is 0 Å². The van der Waals surface area contributed by atoms with Gasteiger partial charge in [-0.2, -0.15) is 11.8 Å². The van der Waals surface area contributed by atoms with E-state index in [2.05, 4.69) is 17.9 Å². The van der Waals surface area contributed by atoms with E-state index in [-0.39, 0.29) is 0 Å². The summed E-state index contributed by atoms with van der Waals surface area (Å²) in [5.74, 6) is 2.20. The van der Waals surface area contributed by atoms with Gasteiger partial charge in [0.1, 0.15) is 0 Å². The second-order valence-corrected chi connectivity index (χ2v) is 7.32. The fraction of sp³-hybridized carbons (Fsp3) is 0.714. The number of likely N-dealkylation sites (tertiary alicyclic amines) is 1. The average molecular weight is 284 g/mol. The van der Waals surface area contributed by atoms with E-state index in [9.17, 15) is 0 Å². The van der Waals surface area contributed by atoms with Crippen molar-refractivity contribution in [3.63, 3.8) is 0 Å². The molecule has 0 spiro atoms. The minimum absolute atomic E-state index is 0.787. The van der Waals surface area contributed by atoms with Crippen LogP contribution in [0.1, 0.15) is 34.6 Å². The highest BCUT2D eigenvalue weighted by Gasteiger charge is 2.13. The summed E-state index contributed by atoms with van der Waals surface area (Å²) < 4.78 is 0. The lowest BCUT2D eigenvalue weighted by Crippen LogP contribution is -2.28. The Morgan fingerprint density at radius 2 is 2.11 bits per heavy atom. The van der Waals surface area contributed by atoms with Crippen LogP contribution in [0.5, 0.6) is 0 Å². The lowest BCUT2D eigenvalue weighted by molar-refractivity contribution is 0.222. The monoisotopic (exact) mass is 284 g/mol. The van der Waals surface area contributed by atoms with E-state index in [4.69, 9.17) is 5.73 Å². The quantitative estimate of drug-likeness (QED) is 0.813. The van der Waals surface area contributed by atoms with Crippen molar-refractivity contribution < 1.29 is 0 Å². The first kappa shape index (κ1) is 14.4. The summed E-state index contributed by atoms with van der Waals surface area (Å²) in [6.45, 7) is 6.78. The Bertz CT molecular complexity index is 357. The minimum atomic E-state index is 0.787. The normalized spacial score (nSPS) is 17.2. The number of hydrogen-bond donors (Lipinski definition) is 1. The first-order chi connectivity index (χ1) is 8.79.